The molecule has 0 radical (unpaired) electrons. The van der Waals surface area contributed by atoms with Crippen LogP contribution < -0.4 is 25.4 Å². The molecule has 0 spiro atoms. The molecule has 7 nitrogen and oxygen atoms in total. The first-order chi connectivity index (χ1) is 15.0. The first kappa shape index (κ1) is 24.1. The van der Waals surface area contributed by atoms with E-state index in [1.165, 1.54) is 12.5 Å². The minimum absolute atomic E-state index is 0.0398. The van der Waals surface area contributed by atoms with Gasteiger partial charge in [0.15, 0.2) is 17.5 Å². The number of carbonyl (C=O) groups excluding carboxylic acids is 1. The van der Waals surface area contributed by atoms with Crippen LogP contribution in [0.15, 0.2) is 47.5 Å². The van der Waals surface area contributed by atoms with E-state index in [2.05, 4.69) is 27.9 Å². The van der Waals surface area contributed by atoms with Gasteiger partial charge < -0.3 is 25.4 Å². The number of hydrogen-bond acceptors (Lipinski definition) is 4. The molecule has 2 aromatic rings. The number of guanidine groups is 1. The average Bonchev–Trinajstić information content (AvgIpc) is 2.75. The third-order valence-electron chi connectivity index (χ3n) is 4.62. The van der Waals surface area contributed by atoms with Crippen molar-refractivity contribution in [1.82, 2.24) is 10.6 Å². The van der Waals surface area contributed by atoms with Crippen molar-refractivity contribution in [3.05, 3.63) is 53.6 Å². The maximum Gasteiger partial charge on any atom is 0.221 e. The van der Waals surface area contributed by atoms with Gasteiger partial charge in [-0.05, 0) is 62.6 Å². The summed E-state index contributed by atoms with van der Waals surface area (Å²) in [5.74, 6) is 2.17. The molecule has 0 aliphatic rings. The lowest BCUT2D eigenvalue weighted by Crippen LogP contribution is -2.39. The van der Waals surface area contributed by atoms with Crippen LogP contribution in [0, 0.1) is 0 Å². The van der Waals surface area contributed by atoms with Crippen LogP contribution in [0.2, 0.25) is 0 Å². The largest absolute Gasteiger partial charge is 0.490 e. The number of aliphatic imine (C=N–C) groups is 1. The van der Waals surface area contributed by atoms with E-state index < -0.39 is 0 Å². The summed E-state index contributed by atoms with van der Waals surface area (Å²) in [4.78, 5) is 15.4. The van der Waals surface area contributed by atoms with Crippen molar-refractivity contribution in [2.24, 2.45) is 4.99 Å². The molecule has 0 saturated carbocycles. The number of benzene rings is 2. The Kier molecular flexibility index (Phi) is 9.68. The fourth-order valence-corrected chi connectivity index (χ4v) is 3.10. The molecule has 0 aliphatic heterocycles. The third kappa shape index (κ3) is 7.85. The van der Waals surface area contributed by atoms with Crippen LogP contribution in [0.1, 0.15) is 44.9 Å². The van der Waals surface area contributed by atoms with Crippen LogP contribution in [0.5, 0.6) is 11.5 Å². The Hall–Kier alpha value is -3.22. The van der Waals surface area contributed by atoms with Gasteiger partial charge >= 0.3 is 0 Å². The van der Waals surface area contributed by atoms with Crippen molar-refractivity contribution in [3.8, 4) is 11.5 Å². The molecule has 1 atom stereocenters. The summed E-state index contributed by atoms with van der Waals surface area (Å²) in [6, 6.07) is 13.9. The van der Waals surface area contributed by atoms with Crippen molar-refractivity contribution in [1.29, 1.82) is 0 Å². The Bertz CT molecular complexity index is 866. The fourth-order valence-electron chi connectivity index (χ4n) is 3.10. The molecule has 0 bridgehead atoms. The Balaban J connectivity index is 1.90. The van der Waals surface area contributed by atoms with Crippen molar-refractivity contribution >= 4 is 17.6 Å². The molecule has 0 heterocycles. The van der Waals surface area contributed by atoms with Gasteiger partial charge in [-0.2, -0.15) is 0 Å². The summed E-state index contributed by atoms with van der Waals surface area (Å²) in [5.41, 5.74) is 3.07. The minimum atomic E-state index is -0.0701. The second-order valence-electron chi connectivity index (χ2n) is 7.07. The molecular weight excluding hydrogens is 392 g/mol. The number of rotatable bonds is 10. The van der Waals surface area contributed by atoms with Gasteiger partial charge in [0.2, 0.25) is 5.91 Å². The summed E-state index contributed by atoms with van der Waals surface area (Å²) in [7, 11) is 1.76. The molecule has 1 unspecified atom stereocenters. The summed E-state index contributed by atoms with van der Waals surface area (Å²) < 4.78 is 11.4. The number of anilines is 1. The van der Waals surface area contributed by atoms with Crippen molar-refractivity contribution in [2.45, 2.75) is 40.2 Å². The van der Waals surface area contributed by atoms with Gasteiger partial charge in [0.1, 0.15) is 0 Å². The van der Waals surface area contributed by atoms with Gasteiger partial charge in [0.25, 0.3) is 0 Å². The SMILES string of the molecule is CCOc1ccc(C(C)NC(=NC)NCCc2ccc(NC(C)=O)cc2)cc1OCC. The maximum absolute atomic E-state index is 11.1. The van der Waals surface area contributed by atoms with E-state index in [4.69, 9.17) is 9.47 Å². The lowest BCUT2D eigenvalue weighted by atomic mass is 10.1. The van der Waals surface area contributed by atoms with E-state index in [-0.39, 0.29) is 11.9 Å². The molecule has 2 aromatic carbocycles. The molecule has 0 aromatic heterocycles. The van der Waals surface area contributed by atoms with Gasteiger partial charge in [0, 0.05) is 26.2 Å². The van der Waals surface area contributed by atoms with E-state index in [0.717, 1.165) is 41.7 Å². The Morgan fingerprint density at radius 2 is 1.71 bits per heavy atom. The molecule has 3 N–H and O–H groups in total. The zero-order chi connectivity index (χ0) is 22.6. The monoisotopic (exact) mass is 426 g/mol. The molecule has 1 amide bonds. The predicted octanol–water partition coefficient (Wildman–Crippen LogP) is 3.91. The highest BCUT2D eigenvalue weighted by Gasteiger charge is 2.12. The van der Waals surface area contributed by atoms with E-state index >= 15 is 0 Å². The third-order valence-corrected chi connectivity index (χ3v) is 4.62. The van der Waals surface area contributed by atoms with Crippen LogP contribution in [0.4, 0.5) is 5.69 Å². The van der Waals surface area contributed by atoms with Crippen LogP contribution in [-0.4, -0.2) is 38.7 Å². The fraction of sp³-hybridized carbons (Fsp3) is 0.417. The first-order valence-electron chi connectivity index (χ1n) is 10.7. The summed E-state index contributed by atoms with van der Waals surface area (Å²) in [6.07, 6.45) is 0.840. The second kappa shape index (κ2) is 12.5. The number of carbonyl (C=O) groups is 1. The Labute approximate surface area is 185 Å². The lowest BCUT2D eigenvalue weighted by molar-refractivity contribution is -0.114. The van der Waals surface area contributed by atoms with Crippen molar-refractivity contribution in [3.63, 3.8) is 0 Å². The van der Waals surface area contributed by atoms with Crippen LogP contribution >= 0.6 is 0 Å². The van der Waals surface area contributed by atoms with Crippen LogP contribution in [0.25, 0.3) is 0 Å². The van der Waals surface area contributed by atoms with Gasteiger partial charge in [-0.15, -0.1) is 0 Å². The van der Waals surface area contributed by atoms with Gasteiger partial charge in [0.05, 0.1) is 19.3 Å². The zero-order valence-corrected chi connectivity index (χ0v) is 19.1. The van der Waals surface area contributed by atoms with Gasteiger partial charge in [-0.25, -0.2) is 0 Å². The van der Waals surface area contributed by atoms with Gasteiger partial charge in [-0.1, -0.05) is 18.2 Å². The normalized spacial score (nSPS) is 12.1. The van der Waals surface area contributed by atoms with E-state index in [1.54, 1.807) is 7.05 Å². The molecule has 2 rings (SSSR count). The molecule has 168 valence electrons. The maximum atomic E-state index is 11.1. The van der Waals surface area contributed by atoms with Crippen LogP contribution in [0.3, 0.4) is 0 Å². The Morgan fingerprint density at radius 1 is 1.03 bits per heavy atom. The second-order valence-corrected chi connectivity index (χ2v) is 7.07. The summed E-state index contributed by atoms with van der Waals surface area (Å²) >= 11 is 0. The highest BCUT2D eigenvalue weighted by molar-refractivity contribution is 5.88. The quantitative estimate of drug-likeness (QED) is 0.396. The van der Waals surface area contributed by atoms with E-state index in [1.807, 2.05) is 56.3 Å². The smallest absolute Gasteiger partial charge is 0.221 e. The first-order valence-corrected chi connectivity index (χ1v) is 10.7. The minimum Gasteiger partial charge on any atom is -0.490 e. The number of nitrogens with zero attached hydrogens (tertiary/aromatic N) is 1. The average molecular weight is 427 g/mol. The van der Waals surface area contributed by atoms with Crippen molar-refractivity contribution < 1.29 is 14.3 Å². The number of ether oxygens (including phenoxy) is 2. The highest BCUT2D eigenvalue weighted by atomic mass is 16.5. The van der Waals surface area contributed by atoms with Gasteiger partial charge in [-0.3, -0.25) is 9.79 Å². The molecule has 0 fully saturated rings. The molecular formula is C24H34N4O3. The molecule has 0 aliphatic carbocycles. The standard InChI is InChI=1S/C24H34N4O3/c1-6-30-22-13-10-20(16-23(22)31-7-2)17(3)27-24(25-5)26-15-14-19-8-11-21(12-9-19)28-18(4)29/h8-13,16-17H,6-7,14-15H2,1-5H3,(H,28,29)(H2,25,26,27). The number of amides is 1. The number of hydrogen-bond donors (Lipinski definition) is 3. The predicted molar refractivity (Wildman–Crippen MR) is 126 cm³/mol. The summed E-state index contributed by atoms with van der Waals surface area (Å²) in [6.45, 7) is 9.42. The number of nitrogens with one attached hydrogen (secondary N) is 3. The lowest BCUT2D eigenvalue weighted by Gasteiger charge is -2.20. The molecule has 7 heteroatoms. The topological polar surface area (TPSA) is 84.0 Å². The van der Waals surface area contributed by atoms with Crippen molar-refractivity contribution in [2.75, 3.05) is 32.1 Å². The molecule has 0 saturated heterocycles. The van der Waals surface area contributed by atoms with E-state index in [9.17, 15) is 4.79 Å². The highest BCUT2D eigenvalue weighted by Crippen LogP contribution is 2.30. The zero-order valence-electron chi connectivity index (χ0n) is 19.1. The van der Waals surface area contributed by atoms with E-state index in [0.29, 0.717) is 13.2 Å². The van der Waals surface area contributed by atoms with Crippen LogP contribution in [-0.2, 0) is 11.2 Å². The summed E-state index contributed by atoms with van der Waals surface area (Å²) in [5, 5.41) is 9.54. The molecule has 31 heavy (non-hydrogen) atoms. The Morgan fingerprint density at radius 3 is 2.32 bits per heavy atom.